The third-order valence-electron chi connectivity index (χ3n) is 3.23. The summed E-state index contributed by atoms with van der Waals surface area (Å²) in [7, 11) is 0. The van der Waals surface area contributed by atoms with Crippen molar-refractivity contribution in [2.24, 2.45) is 0 Å². The maximum absolute atomic E-state index is 12.0. The van der Waals surface area contributed by atoms with Gasteiger partial charge in [0.05, 0.1) is 0 Å². The van der Waals surface area contributed by atoms with E-state index < -0.39 is 0 Å². The second-order valence-electron chi connectivity index (χ2n) is 5.32. The number of amides is 2. The Morgan fingerprint density at radius 2 is 1.81 bits per heavy atom. The van der Waals surface area contributed by atoms with Gasteiger partial charge in [0, 0.05) is 44.6 Å². The van der Waals surface area contributed by atoms with Gasteiger partial charge in [-0.3, -0.25) is 9.59 Å². The van der Waals surface area contributed by atoms with Crippen molar-refractivity contribution in [2.75, 3.05) is 31.1 Å². The zero-order valence-electron chi connectivity index (χ0n) is 12.5. The number of piperazine rings is 1. The second-order valence-corrected chi connectivity index (χ2v) is 5.32. The predicted molar refractivity (Wildman–Crippen MR) is 78.7 cm³/mol. The number of nitrogens with one attached hydrogen (secondary N) is 1. The Morgan fingerprint density at radius 3 is 2.38 bits per heavy atom. The number of anilines is 1. The first-order chi connectivity index (χ1) is 10.1. The van der Waals surface area contributed by atoms with Crippen LogP contribution in [0.2, 0.25) is 0 Å². The number of rotatable bonds is 4. The highest BCUT2D eigenvalue weighted by molar-refractivity contribution is 5.97. The number of carbonyl (C=O) groups excluding carboxylic acids is 2. The van der Waals surface area contributed by atoms with Crippen molar-refractivity contribution in [1.82, 2.24) is 20.2 Å². The van der Waals surface area contributed by atoms with Crippen LogP contribution in [0, 0.1) is 0 Å². The molecule has 1 N–H and O–H groups in total. The number of hydrogen-bond acceptors (Lipinski definition) is 5. The van der Waals surface area contributed by atoms with Gasteiger partial charge in [0.25, 0.3) is 0 Å². The van der Waals surface area contributed by atoms with Crippen LogP contribution in [0.3, 0.4) is 0 Å². The molecule has 0 radical (unpaired) electrons. The topological polar surface area (TPSA) is 78.4 Å². The van der Waals surface area contributed by atoms with Crippen LogP contribution in [0.1, 0.15) is 20.3 Å². The Morgan fingerprint density at radius 1 is 1.19 bits per heavy atom. The van der Waals surface area contributed by atoms with Crippen LogP contribution in [0.4, 0.5) is 5.95 Å². The van der Waals surface area contributed by atoms with Crippen molar-refractivity contribution in [3.63, 3.8) is 0 Å². The summed E-state index contributed by atoms with van der Waals surface area (Å²) in [4.78, 5) is 35.8. The van der Waals surface area contributed by atoms with Gasteiger partial charge in [-0.1, -0.05) is 0 Å². The molecule has 1 aromatic rings. The molecular formula is C14H21N5O2. The van der Waals surface area contributed by atoms with Crippen molar-refractivity contribution < 1.29 is 9.59 Å². The molecule has 1 aliphatic rings. The van der Waals surface area contributed by atoms with Crippen molar-refractivity contribution in [3.8, 4) is 0 Å². The molecule has 0 atom stereocenters. The van der Waals surface area contributed by atoms with Gasteiger partial charge in [-0.25, -0.2) is 9.97 Å². The largest absolute Gasteiger partial charge is 0.353 e. The molecule has 0 aliphatic carbocycles. The summed E-state index contributed by atoms with van der Waals surface area (Å²) in [6.07, 6.45) is 3.33. The minimum Gasteiger partial charge on any atom is -0.353 e. The summed E-state index contributed by atoms with van der Waals surface area (Å²) in [6.45, 7) is 6.29. The van der Waals surface area contributed by atoms with Crippen molar-refractivity contribution in [3.05, 3.63) is 18.5 Å². The summed E-state index contributed by atoms with van der Waals surface area (Å²) in [5, 5.41) is 2.73. The molecule has 0 unspecified atom stereocenters. The Labute approximate surface area is 124 Å². The van der Waals surface area contributed by atoms with Gasteiger partial charge in [-0.2, -0.15) is 0 Å². The third kappa shape index (κ3) is 4.40. The smallest absolute Gasteiger partial charge is 0.232 e. The van der Waals surface area contributed by atoms with Crippen LogP contribution >= 0.6 is 0 Å². The van der Waals surface area contributed by atoms with Crippen LogP contribution < -0.4 is 10.2 Å². The normalized spacial score (nSPS) is 15.2. The highest BCUT2D eigenvalue weighted by Gasteiger charge is 2.23. The molecule has 7 heteroatoms. The quantitative estimate of drug-likeness (QED) is 0.793. The SMILES string of the molecule is CC(C)NC(=O)CC(=O)N1CCN(c2ncccn2)CC1. The molecule has 1 aliphatic heterocycles. The monoisotopic (exact) mass is 291 g/mol. The maximum atomic E-state index is 12.0. The fourth-order valence-corrected chi connectivity index (χ4v) is 2.23. The van der Waals surface area contributed by atoms with Crippen LogP contribution in [-0.2, 0) is 9.59 Å². The number of carbonyl (C=O) groups is 2. The van der Waals surface area contributed by atoms with Gasteiger partial charge in [-0.15, -0.1) is 0 Å². The van der Waals surface area contributed by atoms with E-state index in [0.717, 1.165) is 0 Å². The second kappa shape index (κ2) is 7.01. The molecule has 1 fully saturated rings. The predicted octanol–water partition coefficient (Wildman–Crippen LogP) is 0.0399. The first-order valence-electron chi connectivity index (χ1n) is 7.15. The van der Waals surface area contributed by atoms with Crippen LogP contribution in [0.5, 0.6) is 0 Å². The van der Waals surface area contributed by atoms with Gasteiger partial charge in [-0.05, 0) is 19.9 Å². The van der Waals surface area contributed by atoms with Crippen molar-refractivity contribution in [1.29, 1.82) is 0 Å². The van der Waals surface area contributed by atoms with E-state index in [4.69, 9.17) is 0 Å². The van der Waals surface area contributed by atoms with E-state index in [-0.39, 0.29) is 24.3 Å². The Bertz CT molecular complexity index is 483. The average Bonchev–Trinajstić information content (AvgIpc) is 2.47. The molecule has 2 heterocycles. The van der Waals surface area contributed by atoms with Crippen molar-refractivity contribution >= 4 is 17.8 Å². The summed E-state index contributed by atoms with van der Waals surface area (Å²) in [6, 6.07) is 1.83. The molecule has 21 heavy (non-hydrogen) atoms. The standard InChI is InChI=1S/C14H21N5O2/c1-11(2)17-12(20)10-13(21)18-6-8-19(9-7-18)14-15-4-3-5-16-14/h3-5,11H,6-10H2,1-2H3,(H,17,20). The van der Waals surface area contributed by atoms with Gasteiger partial charge >= 0.3 is 0 Å². The van der Waals surface area contributed by atoms with Gasteiger partial charge in [0.15, 0.2) is 0 Å². The van der Waals surface area contributed by atoms with E-state index in [0.29, 0.717) is 32.1 Å². The zero-order chi connectivity index (χ0) is 15.2. The first kappa shape index (κ1) is 15.2. The lowest BCUT2D eigenvalue weighted by Gasteiger charge is -2.34. The fraction of sp³-hybridized carbons (Fsp3) is 0.571. The highest BCUT2D eigenvalue weighted by atomic mass is 16.2. The Kier molecular flexibility index (Phi) is 5.08. The maximum Gasteiger partial charge on any atom is 0.232 e. The van der Waals surface area contributed by atoms with Gasteiger partial charge < -0.3 is 15.1 Å². The minimum absolute atomic E-state index is 0.0531. The molecule has 114 valence electrons. The molecule has 2 amide bonds. The van der Waals surface area contributed by atoms with Crippen LogP contribution in [-0.4, -0.2) is 58.9 Å². The lowest BCUT2D eigenvalue weighted by Crippen LogP contribution is -2.50. The molecule has 0 spiro atoms. The Balaban J connectivity index is 1.81. The van der Waals surface area contributed by atoms with Gasteiger partial charge in [0.2, 0.25) is 17.8 Å². The lowest BCUT2D eigenvalue weighted by molar-refractivity contribution is -0.136. The third-order valence-corrected chi connectivity index (χ3v) is 3.23. The van der Waals surface area contributed by atoms with E-state index in [9.17, 15) is 9.59 Å². The molecular weight excluding hydrogens is 270 g/mol. The zero-order valence-corrected chi connectivity index (χ0v) is 12.5. The molecule has 0 saturated carbocycles. The van der Waals surface area contributed by atoms with E-state index in [2.05, 4.69) is 15.3 Å². The number of hydrogen-bond donors (Lipinski definition) is 1. The molecule has 0 bridgehead atoms. The summed E-state index contributed by atoms with van der Waals surface area (Å²) in [5.74, 6) is 0.341. The summed E-state index contributed by atoms with van der Waals surface area (Å²) >= 11 is 0. The van der Waals surface area contributed by atoms with E-state index >= 15 is 0 Å². The first-order valence-corrected chi connectivity index (χ1v) is 7.15. The van der Waals surface area contributed by atoms with Crippen molar-refractivity contribution in [2.45, 2.75) is 26.3 Å². The van der Waals surface area contributed by atoms with E-state index in [1.165, 1.54) is 0 Å². The molecule has 7 nitrogen and oxygen atoms in total. The number of aromatic nitrogens is 2. The fourth-order valence-electron chi connectivity index (χ4n) is 2.23. The average molecular weight is 291 g/mol. The Hall–Kier alpha value is -2.18. The van der Waals surface area contributed by atoms with E-state index in [1.54, 1.807) is 23.4 Å². The summed E-state index contributed by atoms with van der Waals surface area (Å²) < 4.78 is 0. The van der Waals surface area contributed by atoms with Crippen LogP contribution in [0.15, 0.2) is 18.5 Å². The highest BCUT2D eigenvalue weighted by Crippen LogP contribution is 2.10. The lowest BCUT2D eigenvalue weighted by atomic mass is 10.2. The van der Waals surface area contributed by atoms with E-state index in [1.807, 2.05) is 18.7 Å². The van der Waals surface area contributed by atoms with Gasteiger partial charge in [0.1, 0.15) is 6.42 Å². The molecule has 1 aromatic heterocycles. The number of nitrogens with zero attached hydrogens (tertiary/aromatic N) is 4. The molecule has 1 saturated heterocycles. The minimum atomic E-state index is -0.219. The van der Waals surface area contributed by atoms with Crippen LogP contribution in [0.25, 0.3) is 0 Å². The summed E-state index contributed by atoms with van der Waals surface area (Å²) in [5.41, 5.74) is 0. The molecule has 2 rings (SSSR count). The molecule has 0 aromatic carbocycles.